The number of carbonyl (C=O) groups excluding carboxylic acids is 1. The Morgan fingerprint density at radius 1 is 1.28 bits per heavy atom. The number of guanidine groups is 1. The lowest BCUT2D eigenvalue weighted by Crippen LogP contribution is -2.44. The van der Waals surface area contributed by atoms with Crippen LogP contribution in [0.3, 0.4) is 0 Å². The molecule has 1 fully saturated rings. The molecule has 1 unspecified atom stereocenters. The molecule has 1 aliphatic carbocycles. The van der Waals surface area contributed by atoms with Crippen LogP contribution in [0.4, 0.5) is 0 Å². The SMILES string of the molecule is CCNC(=NCc1cccc(OCC(=O)NC2CC2)c1)NCC(C)(O)c1ccc(C)o1.I. The molecular weight excluding hydrogens is 523 g/mol. The molecule has 1 aromatic heterocycles. The third-order valence-corrected chi connectivity index (χ3v) is 4.85. The number of nitrogens with one attached hydrogen (secondary N) is 3. The summed E-state index contributed by atoms with van der Waals surface area (Å²) < 4.78 is 11.2. The van der Waals surface area contributed by atoms with E-state index in [2.05, 4.69) is 20.9 Å². The first-order chi connectivity index (χ1) is 14.9. The number of carbonyl (C=O) groups is 1. The first kappa shape index (κ1) is 26.0. The molecule has 0 saturated heterocycles. The smallest absolute Gasteiger partial charge is 0.258 e. The Balaban J connectivity index is 0.00000363. The van der Waals surface area contributed by atoms with Crippen molar-refractivity contribution in [3.8, 4) is 5.75 Å². The fourth-order valence-electron chi connectivity index (χ4n) is 2.96. The van der Waals surface area contributed by atoms with Crippen LogP contribution >= 0.6 is 24.0 Å². The Bertz CT molecular complexity index is 909. The van der Waals surface area contributed by atoms with Crippen molar-refractivity contribution in [2.45, 2.75) is 51.8 Å². The van der Waals surface area contributed by atoms with Crippen LogP contribution in [0.2, 0.25) is 0 Å². The lowest BCUT2D eigenvalue weighted by Gasteiger charge is -2.22. The fourth-order valence-corrected chi connectivity index (χ4v) is 2.96. The lowest BCUT2D eigenvalue weighted by atomic mass is 10.0. The third kappa shape index (κ3) is 8.34. The minimum atomic E-state index is -1.17. The zero-order chi connectivity index (χ0) is 22.3. The predicted molar refractivity (Wildman–Crippen MR) is 134 cm³/mol. The number of hydrogen-bond donors (Lipinski definition) is 4. The highest BCUT2D eigenvalue weighted by atomic mass is 127. The largest absolute Gasteiger partial charge is 0.484 e. The summed E-state index contributed by atoms with van der Waals surface area (Å²) in [5, 5.41) is 20.0. The van der Waals surface area contributed by atoms with Gasteiger partial charge in [0.15, 0.2) is 12.6 Å². The van der Waals surface area contributed by atoms with Crippen LogP contribution in [0.1, 0.15) is 43.8 Å². The maximum Gasteiger partial charge on any atom is 0.258 e. The molecule has 2 aromatic rings. The molecular formula is C23H33IN4O4. The Kier molecular flexibility index (Phi) is 9.83. The van der Waals surface area contributed by atoms with Crippen LogP contribution in [0.15, 0.2) is 45.8 Å². The van der Waals surface area contributed by atoms with Gasteiger partial charge in [0.2, 0.25) is 0 Å². The summed E-state index contributed by atoms with van der Waals surface area (Å²) >= 11 is 0. The van der Waals surface area contributed by atoms with Crippen LogP contribution in [-0.2, 0) is 16.9 Å². The van der Waals surface area contributed by atoms with Crippen molar-refractivity contribution >= 4 is 35.8 Å². The number of halogens is 1. The van der Waals surface area contributed by atoms with Gasteiger partial charge in [-0.1, -0.05) is 12.1 Å². The molecule has 0 aliphatic heterocycles. The molecule has 1 saturated carbocycles. The summed E-state index contributed by atoms with van der Waals surface area (Å²) in [4.78, 5) is 16.4. The van der Waals surface area contributed by atoms with Crippen molar-refractivity contribution in [1.29, 1.82) is 0 Å². The molecule has 4 N–H and O–H groups in total. The van der Waals surface area contributed by atoms with Crippen LogP contribution in [0, 0.1) is 6.92 Å². The minimum absolute atomic E-state index is 0. The number of rotatable bonds is 10. The van der Waals surface area contributed by atoms with Gasteiger partial charge in [-0.25, -0.2) is 4.99 Å². The summed E-state index contributed by atoms with van der Waals surface area (Å²) in [7, 11) is 0. The van der Waals surface area contributed by atoms with Gasteiger partial charge in [0.1, 0.15) is 22.9 Å². The van der Waals surface area contributed by atoms with Gasteiger partial charge in [0.25, 0.3) is 5.91 Å². The summed E-state index contributed by atoms with van der Waals surface area (Å²) in [6.45, 7) is 6.88. The van der Waals surface area contributed by atoms with E-state index in [0.29, 0.717) is 36.6 Å². The third-order valence-electron chi connectivity index (χ3n) is 4.85. The summed E-state index contributed by atoms with van der Waals surface area (Å²) in [5.74, 6) is 2.38. The van der Waals surface area contributed by atoms with Gasteiger partial charge in [0, 0.05) is 12.6 Å². The quantitative estimate of drug-likeness (QED) is 0.204. The van der Waals surface area contributed by atoms with Crippen molar-refractivity contribution in [2.24, 2.45) is 4.99 Å². The van der Waals surface area contributed by atoms with E-state index in [1.165, 1.54) is 0 Å². The van der Waals surface area contributed by atoms with Crippen LogP contribution in [0.5, 0.6) is 5.75 Å². The average Bonchev–Trinajstić information content (AvgIpc) is 3.44. The van der Waals surface area contributed by atoms with Gasteiger partial charge in [-0.3, -0.25) is 4.79 Å². The number of amides is 1. The highest BCUT2D eigenvalue weighted by Crippen LogP contribution is 2.22. The van der Waals surface area contributed by atoms with Crippen molar-refractivity contribution in [3.05, 3.63) is 53.5 Å². The van der Waals surface area contributed by atoms with Crippen LogP contribution < -0.4 is 20.7 Å². The molecule has 0 radical (unpaired) electrons. The highest BCUT2D eigenvalue weighted by molar-refractivity contribution is 14.0. The number of nitrogens with zero attached hydrogens (tertiary/aromatic N) is 1. The molecule has 176 valence electrons. The Hall–Kier alpha value is -2.27. The van der Waals surface area contributed by atoms with Crippen LogP contribution in [0.25, 0.3) is 0 Å². The number of hydrogen-bond acceptors (Lipinski definition) is 5. The topological polar surface area (TPSA) is 108 Å². The first-order valence-corrected chi connectivity index (χ1v) is 10.7. The summed E-state index contributed by atoms with van der Waals surface area (Å²) in [6.07, 6.45) is 2.11. The Labute approximate surface area is 206 Å². The summed E-state index contributed by atoms with van der Waals surface area (Å²) in [6, 6.07) is 11.5. The second-order valence-electron chi connectivity index (χ2n) is 8.01. The van der Waals surface area contributed by atoms with E-state index < -0.39 is 5.60 Å². The molecule has 1 amide bonds. The van der Waals surface area contributed by atoms with E-state index >= 15 is 0 Å². The molecule has 9 heteroatoms. The Morgan fingerprint density at radius 2 is 2.06 bits per heavy atom. The molecule has 3 rings (SSSR count). The molecule has 1 aliphatic rings. The summed E-state index contributed by atoms with van der Waals surface area (Å²) in [5.41, 5.74) is -0.218. The van der Waals surface area contributed by atoms with Crippen molar-refractivity contribution in [2.75, 3.05) is 19.7 Å². The number of aryl methyl sites for hydroxylation is 1. The average molecular weight is 556 g/mol. The maximum atomic E-state index is 11.8. The van der Waals surface area contributed by atoms with Gasteiger partial charge < -0.3 is 30.2 Å². The molecule has 1 atom stereocenters. The molecule has 1 heterocycles. The normalized spacial score (nSPS) is 15.3. The second-order valence-corrected chi connectivity index (χ2v) is 8.01. The molecule has 0 bridgehead atoms. The second kappa shape index (κ2) is 12.1. The zero-order valence-corrected chi connectivity index (χ0v) is 21.1. The predicted octanol–water partition coefficient (Wildman–Crippen LogP) is 2.83. The number of aliphatic hydroxyl groups is 1. The van der Waals surface area contributed by atoms with Gasteiger partial charge in [-0.15, -0.1) is 24.0 Å². The van der Waals surface area contributed by atoms with E-state index in [9.17, 15) is 9.90 Å². The van der Waals surface area contributed by atoms with Gasteiger partial charge in [-0.2, -0.15) is 0 Å². The number of aliphatic imine (C=N–C) groups is 1. The highest BCUT2D eigenvalue weighted by Gasteiger charge is 2.27. The van der Waals surface area contributed by atoms with E-state index in [1.54, 1.807) is 13.0 Å². The zero-order valence-electron chi connectivity index (χ0n) is 18.8. The Morgan fingerprint density at radius 3 is 2.72 bits per heavy atom. The standard InChI is InChI=1S/C23H32N4O4.HI/c1-4-24-22(26-15-23(3,29)20-11-8-16(2)31-20)25-13-17-6-5-7-19(12-17)30-14-21(28)27-18-9-10-18;/h5-8,11-12,18,29H,4,9-10,13-15H2,1-3H3,(H,27,28)(H2,24,25,26);1H. The molecule has 8 nitrogen and oxygen atoms in total. The molecule has 32 heavy (non-hydrogen) atoms. The lowest BCUT2D eigenvalue weighted by molar-refractivity contribution is -0.123. The number of benzene rings is 1. The molecule has 1 aromatic carbocycles. The maximum absolute atomic E-state index is 11.8. The van der Waals surface area contributed by atoms with Gasteiger partial charge >= 0.3 is 0 Å². The van der Waals surface area contributed by atoms with Crippen LogP contribution in [-0.4, -0.2) is 42.7 Å². The van der Waals surface area contributed by atoms with Crippen molar-refractivity contribution in [3.63, 3.8) is 0 Å². The number of furan rings is 1. The number of ether oxygens (including phenoxy) is 1. The van der Waals surface area contributed by atoms with E-state index in [-0.39, 0.29) is 43.0 Å². The van der Waals surface area contributed by atoms with Crippen molar-refractivity contribution in [1.82, 2.24) is 16.0 Å². The first-order valence-electron chi connectivity index (χ1n) is 10.7. The molecule has 0 spiro atoms. The minimum Gasteiger partial charge on any atom is -0.484 e. The van der Waals surface area contributed by atoms with Gasteiger partial charge in [-0.05, 0) is 63.4 Å². The van der Waals surface area contributed by atoms with E-state index in [1.807, 2.05) is 44.2 Å². The van der Waals surface area contributed by atoms with Crippen molar-refractivity contribution < 1.29 is 19.1 Å². The fraction of sp³-hybridized carbons (Fsp3) is 0.478. The van der Waals surface area contributed by atoms with Gasteiger partial charge in [0.05, 0.1) is 13.1 Å². The van der Waals surface area contributed by atoms with E-state index in [0.717, 1.165) is 24.2 Å². The van der Waals surface area contributed by atoms with E-state index in [4.69, 9.17) is 9.15 Å². The monoisotopic (exact) mass is 556 g/mol.